The summed E-state index contributed by atoms with van der Waals surface area (Å²) in [5.41, 5.74) is 0.828. The highest BCUT2D eigenvalue weighted by atomic mass is 19.1. The van der Waals surface area contributed by atoms with Crippen LogP contribution in [0, 0.1) is 18.6 Å². The fraction of sp³-hybridized carbons (Fsp3) is 0.167. The van der Waals surface area contributed by atoms with Crippen LogP contribution in [0.25, 0.3) is 5.69 Å². The molecule has 26 heavy (non-hydrogen) atoms. The Kier molecular flexibility index (Phi) is 4.92. The molecule has 0 radical (unpaired) electrons. The van der Waals surface area contributed by atoms with Crippen molar-refractivity contribution in [3.63, 3.8) is 0 Å². The minimum Gasteiger partial charge on any atom is -0.491 e. The number of aryl methyl sites for hydroxylation is 1. The molecular weight excluding hydrogens is 342 g/mol. The standard InChI is InChI=1S/C18H16F2N4O2/c1-3-26-16-9-6-13(10-15(16)20)22-18(25)17-21-11(2)24(23-17)14-7-4-12(19)5-8-14/h4-10H,3H2,1-2H3,(H,22,25). The maximum atomic E-state index is 13.9. The summed E-state index contributed by atoms with van der Waals surface area (Å²) < 4.78 is 33.4. The molecule has 0 fully saturated rings. The van der Waals surface area contributed by atoms with Gasteiger partial charge < -0.3 is 10.1 Å². The number of anilines is 1. The van der Waals surface area contributed by atoms with Gasteiger partial charge in [-0.2, -0.15) is 0 Å². The molecule has 1 aromatic heterocycles. The zero-order chi connectivity index (χ0) is 18.7. The maximum Gasteiger partial charge on any atom is 0.295 e. The third-order valence-electron chi connectivity index (χ3n) is 3.53. The van der Waals surface area contributed by atoms with Gasteiger partial charge in [-0.05, 0) is 50.2 Å². The Morgan fingerprint density at radius 1 is 1.19 bits per heavy atom. The summed E-state index contributed by atoms with van der Waals surface area (Å²) in [6.45, 7) is 3.76. The van der Waals surface area contributed by atoms with Crippen molar-refractivity contribution in [3.05, 3.63) is 65.7 Å². The van der Waals surface area contributed by atoms with Gasteiger partial charge in [-0.25, -0.2) is 18.4 Å². The first kappa shape index (κ1) is 17.5. The molecule has 0 aliphatic carbocycles. The first-order chi connectivity index (χ1) is 12.5. The number of carbonyl (C=O) groups is 1. The van der Waals surface area contributed by atoms with Crippen LogP contribution in [-0.2, 0) is 0 Å². The summed E-state index contributed by atoms with van der Waals surface area (Å²) in [5, 5.41) is 6.66. The van der Waals surface area contributed by atoms with Gasteiger partial charge in [-0.15, -0.1) is 5.10 Å². The van der Waals surface area contributed by atoms with Crippen molar-refractivity contribution in [3.8, 4) is 11.4 Å². The van der Waals surface area contributed by atoms with E-state index in [1.807, 2.05) is 0 Å². The minimum absolute atomic E-state index is 0.0823. The lowest BCUT2D eigenvalue weighted by molar-refractivity contribution is 0.101. The van der Waals surface area contributed by atoms with Crippen molar-refractivity contribution in [2.24, 2.45) is 0 Å². The Balaban J connectivity index is 1.79. The zero-order valence-corrected chi connectivity index (χ0v) is 14.2. The molecule has 0 saturated heterocycles. The summed E-state index contributed by atoms with van der Waals surface area (Å²) in [6.07, 6.45) is 0. The van der Waals surface area contributed by atoms with E-state index in [1.54, 1.807) is 13.8 Å². The molecule has 6 nitrogen and oxygen atoms in total. The van der Waals surface area contributed by atoms with Crippen LogP contribution >= 0.6 is 0 Å². The highest BCUT2D eigenvalue weighted by molar-refractivity contribution is 6.01. The quantitative estimate of drug-likeness (QED) is 0.758. The second-order valence-electron chi connectivity index (χ2n) is 5.40. The number of nitrogens with one attached hydrogen (secondary N) is 1. The summed E-state index contributed by atoms with van der Waals surface area (Å²) in [7, 11) is 0. The molecule has 2 aromatic carbocycles. The maximum absolute atomic E-state index is 13.9. The lowest BCUT2D eigenvalue weighted by Crippen LogP contribution is -2.14. The number of amides is 1. The van der Waals surface area contributed by atoms with Gasteiger partial charge in [0, 0.05) is 11.8 Å². The first-order valence-corrected chi connectivity index (χ1v) is 7.91. The van der Waals surface area contributed by atoms with E-state index in [0.717, 1.165) is 6.07 Å². The van der Waals surface area contributed by atoms with E-state index < -0.39 is 11.7 Å². The van der Waals surface area contributed by atoms with Crippen molar-refractivity contribution < 1.29 is 18.3 Å². The second-order valence-corrected chi connectivity index (χ2v) is 5.40. The number of nitrogens with zero attached hydrogens (tertiary/aromatic N) is 3. The SMILES string of the molecule is CCOc1ccc(NC(=O)c2nc(C)n(-c3ccc(F)cc3)n2)cc1F. The lowest BCUT2D eigenvalue weighted by Gasteiger charge is -2.07. The summed E-state index contributed by atoms with van der Waals surface area (Å²) in [4.78, 5) is 16.4. The Bertz CT molecular complexity index is 939. The van der Waals surface area contributed by atoms with Crippen molar-refractivity contribution >= 4 is 11.6 Å². The number of rotatable bonds is 5. The Morgan fingerprint density at radius 3 is 2.58 bits per heavy atom. The van der Waals surface area contributed by atoms with Crippen LogP contribution in [0.3, 0.4) is 0 Å². The van der Waals surface area contributed by atoms with Crippen molar-refractivity contribution in [1.29, 1.82) is 0 Å². The van der Waals surface area contributed by atoms with Gasteiger partial charge >= 0.3 is 0 Å². The molecule has 0 unspecified atom stereocenters. The third-order valence-corrected chi connectivity index (χ3v) is 3.53. The summed E-state index contributed by atoms with van der Waals surface area (Å²) >= 11 is 0. The van der Waals surface area contributed by atoms with E-state index >= 15 is 0 Å². The van der Waals surface area contributed by atoms with Gasteiger partial charge in [0.25, 0.3) is 5.91 Å². The highest BCUT2D eigenvalue weighted by Crippen LogP contribution is 2.21. The van der Waals surface area contributed by atoms with Gasteiger partial charge in [0.15, 0.2) is 11.6 Å². The molecule has 1 N–H and O–H groups in total. The minimum atomic E-state index is -0.586. The second kappa shape index (κ2) is 7.30. The van der Waals surface area contributed by atoms with Gasteiger partial charge in [0.05, 0.1) is 12.3 Å². The van der Waals surface area contributed by atoms with Crippen LogP contribution in [-0.4, -0.2) is 27.3 Å². The molecule has 8 heteroatoms. The lowest BCUT2D eigenvalue weighted by atomic mass is 10.3. The molecular formula is C18H16F2N4O2. The van der Waals surface area contributed by atoms with Crippen molar-refractivity contribution in [1.82, 2.24) is 14.8 Å². The van der Waals surface area contributed by atoms with E-state index in [0.29, 0.717) is 18.1 Å². The van der Waals surface area contributed by atoms with Crippen LogP contribution in [0.4, 0.5) is 14.5 Å². The number of benzene rings is 2. The van der Waals surface area contributed by atoms with Gasteiger partial charge in [0.1, 0.15) is 11.6 Å². The zero-order valence-electron chi connectivity index (χ0n) is 14.2. The average molecular weight is 358 g/mol. The molecule has 0 bridgehead atoms. The van der Waals surface area contributed by atoms with Crippen LogP contribution in [0.2, 0.25) is 0 Å². The predicted molar refractivity (Wildman–Crippen MR) is 91.6 cm³/mol. The van der Waals surface area contributed by atoms with E-state index in [2.05, 4.69) is 15.4 Å². The molecule has 3 rings (SSSR count). The van der Waals surface area contributed by atoms with Crippen molar-refractivity contribution in [2.45, 2.75) is 13.8 Å². The number of hydrogen-bond acceptors (Lipinski definition) is 4. The van der Waals surface area contributed by atoms with Crippen LogP contribution < -0.4 is 10.1 Å². The molecule has 0 aliphatic heterocycles. The molecule has 0 saturated carbocycles. The first-order valence-electron chi connectivity index (χ1n) is 7.91. The number of aromatic nitrogens is 3. The summed E-state index contributed by atoms with van der Waals surface area (Å²) in [6, 6.07) is 9.76. The van der Waals surface area contributed by atoms with E-state index in [-0.39, 0.29) is 23.1 Å². The van der Waals surface area contributed by atoms with Crippen molar-refractivity contribution in [2.75, 3.05) is 11.9 Å². The van der Waals surface area contributed by atoms with Gasteiger partial charge in [-0.1, -0.05) is 0 Å². The third kappa shape index (κ3) is 3.69. The van der Waals surface area contributed by atoms with Crippen LogP contribution in [0.15, 0.2) is 42.5 Å². The monoisotopic (exact) mass is 358 g/mol. The summed E-state index contributed by atoms with van der Waals surface area (Å²) in [5.74, 6) is -1.05. The Morgan fingerprint density at radius 2 is 1.92 bits per heavy atom. The normalized spacial score (nSPS) is 10.6. The fourth-order valence-electron chi connectivity index (χ4n) is 2.35. The van der Waals surface area contributed by atoms with Gasteiger partial charge in [-0.3, -0.25) is 4.79 Å². The largest absolute Gasteiger partial charge is 0.491 e. The van der Waals surface area contributed by atoms with Crippen LogP contribution in [0.1, 0.15) is 23.4 Å². The van der Waals surface area contributed by atoms with E-state index in [4.69, 9.17) is 4.74 Å². The smallest absolute Gasteiger partial charge is 0.295 e. The number of ether oxygens (including phenoxy) is 1. The molecule has 0 atom stereocenters. The molecule has 0 spiro atoms. The number of hydrogen-bond donors (Lipinski definition) is 1. The van der Waals surface area contributed by atoms with E-state index in [1.165, 1.54) is 41.1 Å². The van der Waals surface area contributed by atoms with Gasteiger partial charge in [0.2, 0.25) is 5.82 Å². The number of carbonyl (C=O) groups excluding carboxylic acids is 1. The highest BCUT2D eigenvalue weighted by Gasteiger charge is 2.16. The Hall–Kier alpha value is -3.29. The molecule has 0 aliphatic rings. The predicted octanol–water partition coefficient (Wildman–Crippen LogP) is 3.50. The average Bonchev–Trinajstić information content (AvgIpc) is 3.00. The molecule has 134 valence electrons. The molecule has 1 amide bonds. The van der Waals surface area contributed by atoms with E-state index in [9.17, 15) is 13.6 Å². The number of halogens is 2. The van der Waals surface area contributed by atoms with Crippen LogP contribution in [0.5, 0.6) is 5.75 Å². The fourth-order valence-corrected chi connectivity index (χ4v) is 2.35. The Labute approximate surface area is 148 Å². The molecule has 1 heterocycles. The topological polar surface area (TPSA) is 69.0 Å². The molecule has 3 aromatic rings.